The van der Waals surface area contributed by atoms with Gasteiger partial charge in [0.1, 0.15) is 22.8 Å². The Kier molecular flexibility index (Phi) is 6.40. The highest BCUT2D eigenvalue weighted by molar-refractivity contribution is 6.22. The van der Waals surface area contributed by atoms with Crippen LogP contribution in [0.1, 0.15) is 19.4 Å². The first-order valence-electron chi connectivity index (χ1n) is 10.7. The van der Waals surface area contributed by atoms with Crippen molar-refractivity contribution in [3.8, 4) is 17.2 Å². The van der Waals surface area contributed by atoms with Crippen LogP contribution in [0.5, 0.6) is 17.2 Å². The molecule has 1 aromatic heterocycles. The van der Waals surface area contributed by atoms with Crippen LogP contribution in [0.25, 0.3) is 0 Å². The van der Waals surface area contributed by atoms with Crippen molar-refractivity contribution in [3.63, 3.8) is 0 Å². The molecule has 0 aliphatic carbocycles. The van der Waals surface area contributed by atoms with Gasteiger partial charge in [0, 0.05) is 11.8 Å². The van der Waals surface area contributed by atoms with Crippen LogP contribution in [0.15, 0.2) is 73.1 Å². The lowest BCUT2D eigenvalue weighted by atomic mass is 10.0. The SMILES string of the molecule is CC1(C)C(=O)N(c2cccnc2)C(=O)N1Cc1ccccc1Oc1ccc(OC(=O)C(F)(F)F)cc1. The highest BCUT2D eigenvalue weighted by Gasteiger charge is 2.52. The Morgan fingerprint density at radius 1 is 0.972 bits per heavy atom. The van der Waals surface area contributed by atoms with Crippen molar-refractivity contribution in [2.45, 2.75) is 32.1 Å². The van der Waals surface area contributed by atoms with Gasteiger partial charge in [-0.05, 0) is 56.3 Å². The van der Waals surface area contributed by atoms with Crippen molar-refractivity contribution >= 4 is 23.6 Å². The van der Waals surface area contributed by atoms with Gasteiger partial charge < -0.3 is 14.4 Å². The summed E-state index contributed by atoms with van der Waals surface area (Å²) in [5, 5.41) is 0. The van der Waals surface area contributed by atoms with E-state index in [0.717, 1.165) is 4.90 Å². The van der Waals surface area contributed by atoms with Crippen LogP contribution in [0.4, 0.5) is 23.7 Å². The number of amides is 3. The van der Waals surface area contributed by atoms with E-state index >= 15 is 0 Å². The van der Waals surface area contributed by atoms with Crippen molar-refractivity contribution in [1.82, 2.24) is 9.88 Å². The molecule has 1 fully saturated rings. The van der Waals surface area contributed by atoms with Crippen LogP contribution in [-0.4, -0.2) is 39.5 Å². The van der Waals surface area contributed by atoms with Gasteiger partial charge in [-0.2, -0.15) is 13.2 Å². The number of nitrogens with zero attached hydrogens (tertiary/aromatic N) is 3. The monoisotopic (exact) mass is 499 g/mol. The Labute approximate surface area is 203 Å². The first-order valence-corrected chi connectivity index (χ1v) is 10.7. The largest absolute Gasteiger partial charge is 0.491 e. The molecule has 1 aliphatic rings. The number of urea groups is 1. The molecule has 2 aromatic carbocycles. The Hall–Kier alpha value is -4.41. The number of benzene rings is 2. The maximum absolute atomic E-state index is 13.2. The van der Waals surface area contributed by atoms with Crippen molar-refractivity contribution < 1.29 is 37.0 Å². The number of ether oxygens (including phenoxy) is 2. The molecule has 36 heavy (non-hydrogen) atoms. The van der Waals surface area contributed by atoms with E-state index in [2.05, 4.69) is 9.72 Å². The molecule has 2 heterocycles. The maximum Gasteiger partial charge on any atom is 0.491 e. The number of hydrogen-bond acceptors (Lipinski definition) is 6. The number of imide groups is 1. The van der Waals surface area contributed by atoms with Crippen LogP contribution in [0, 0.1) is 0 Å². The topological polar surface area (TPSA) is 89.0 Å². The molecule has 0 saturated carbocycles. The summed E-state index contributed by atoms with van der Waals surface area (Å²) in [7, 11) is 0. The summed E-state index contributed by atoms with van der Waals surface area (Å²) in [5.41, 5.74) is -0.199. The van der Waals surface area contributed by atoms with Gasteiger partial charge in [0.2, 0.25) is 0 Å². The lowest BCUT2D eigenvalue weighted by Crippen LogP contribution is -2.43. The molecule has 1 aliphatic heterocycles. The summed E-state index contributed by atoms with van der Waals surface area (Å²) in [6.07, 6.45) is -2.14. The highest BCUT2D eigenvalue weighted by Crippen LogP contribution is 2.35. The zero-order valence-electron chi connectivity index (χ0n) is 19.2. The van der Waals surface area contributed by atoms with Gasteiger partial charge in [0.25, 0.3) is 5.91 Å². The second kappa shape index (κ2) is 9.33. The smallest absolute Gasteiger partial charge is 0.457 e. The van der Waals surface area contributed by atoms with Crippen molar-refractivity contribution in [2.24, 2.45) is 0 Å². The molecule has 0 radical (unpaired) electrons. The molecule has 3 amide bonds. The molecule has 0 N–H and O–H groups in total. The van der Waals surface area contributed by atoms with E-state index in [4.69, 9.17) is 4.74 Å². The third-order valence-electron chi connectivity index (χ3n) is 5.52. The van der Waals surface area contributed by atoms with E-state index in [1.54, 1.807) is 50.2 Å². The first-order chi connectivity index (χ1) is 17.0. The average molecular weight is 499 g/mol. The normalized spacial score (nSPS) is 15.2. The fraction of sp³-hybridized carbons (Fsp3) is 0.200. The molecule has 1 saturated heterocycles. The predicted molar refractivity (Wildman–Crippen MR) is 121 cm³/mol. The van der Waals surface area contributed by atoms with Crippen molar-refractivity contribution in [3.05, 3.63) is 78.6 Å². The number of esters is 1. The van der Waals surface area contributed by atoms with E-state index in [1.807, 2.05) is 0 Å². The number of anilines is 1. The number of carbonyl (C=O) groups excluding carboxylic acids is 3. The van der Waals surface area contributed by atoms with Gasteiger partial charge in [-0.25, -0.2) is 14.5 Å². The van der Waals surface area contributed by atoms with Crippen LogP contribution in [-0.2, 0) is 16.1 Å². The molecule has 11 heteroatoms. The molecule has 0 unspecified atom stereocenters. The molecule has 0 spiro atoms. The Balaban J connectivity index is 1.53. The number of aromatic nitrogens is 1. The van der Waals surface area contributed by atoms with E-state index in [0.29, 0.717) is 17.0 Å². The van der Waals surface area contributed by atoms with E-state index in [9.17, 15) is 27.6 Å². The van der Waals surface area contributed by atoms with Gasteiger partial charge in [-0.1, -0.05) is 18.2 Å². The summed E-state index contributed by atoms with van der Waals surface area (Å²) in [6, 6.07) is 14.6. The van der Waals surface area contributed by atoms with Crippen LogP contribution in [0.2, 0.25) is 0 Å². The fourth-order valence-electron chi connectivity index (χ4n) is 3.59. The van der Waals surface area contributed by atoms with Gasteiger partial charge in [0.05, 0.1) is 18.4 Å². The Bertz CT molecular complexity index is 1290. The van der Waals surface area contributed by atoms with Gasteiger partial charge in [0.15, 0.2) is 0 Å². The summed E-state index contributed by atoms with van der Waals surface area (Å²) in [5.74, 6) is -2.39. The van der Waals surface area contributed by atoms with Gasteiger partial charge >= 0.3 is 18.2 Å². The summed E-state index contributed by atoms with van der Waals surface area (Å²) < 4.78 is 47.3. The lowest BCUT2D eigenvalue weighted by molar-refractivity contribution is -0.189. The van der Waals surface area contributed by atoms with E-state index in [1.165, 1.54) is 41.6 Å². The first kappa shape index (κ1) is 24.7. The number of carbonyl (C=O) groups is 3. The molecule has 0 bridgehead atoms. The van der Waals surface area contributed by atoms with Gasteiger partial charge in [-0.15, -0.1) is 0 Å². The molecule has 4 rings (SSSR count). The number of hydrogen-bond donors (Lipinski definition) is 0. The lowest BCUT2D eigenvalue weighted by Gasteiger charge is -2.28. The minimum Gasteiger partial charge on any atom is -0.457 e. The minimum atomic E-state index is -5.11. The molecule has 8 nitrogen and oxygen atoms in total. The van der Waals surface area contributed by atoms with Crippen LogP contribution < -0.4 is 14.4 Å². The molecule has 3 aromatic rings. The molecule has 0 atom stereocenters. The van der Waals surface area contributed by atoms with Crippen LogP contribution >= 0.6 is 0 Å². The van der Waals surface area contributed by atoms with Crippen LogP contribution in [0.3, 0.4) is 0 Å². The van der Waals surface area contributed by atoms with Crippen molar-refractivity contribution in [2.75, 3.05) is 4.90 Å². The number of pyridine rings is 1. The average Bonchev–Trinajstić information content (AvgIpc) is 3.00. The Morgan fingerprint density at radius 2 is 1.64 bits per heavy atom. The highest BCUT2D eigenvalue weighted by atomic mass is 19.4. The maximum atomic E-state index is 13.2. The second-order valence-corrected chi connectivity index (χ2v) is 8.35. The Morgan fingerprint density at radius 3 is 2.28 bits per heavy atom. The third-order valence-corrected chi connectivity index (χ3v) is 5.52. The standard InChI is InChI=1S/C25H20F3N3O5/c1-24(2)21(32)31(17-7-5-13-29-14-17)23(34)30(24)15-16-6-3-4-8-20(16)35-18-9-11-19(12-10-18)36-22(33)25(26,27)28/h3-14H,15H2,1-2H3. The number of halogens is 3. The quantitative estimate of drug-likeness (QED) is 0.267. The summed E-state index contributed by atoms with van der Waals surface area (Å²) >= 11 is 0. The number of rotatable bonds is 6. The minimum absolute atomic E-state index is 0.0474. The molecular formula is C25H20F3N3O5. The predicted octanol–water partition coefficient (Wildman–Crippen LogP) is 5.09. The number of alkyl halides is 3. The number of para-hydroxylation sites is 1. The molecule has 186 valence electrons. The third kappa shape index (κ3) is 4.85. The fourth-order valence-corrected chi connectivity index (χ4v) is 3.59. The van der Waals surface area contributed by atoms with E-state index in [-0.39, 0.29) is 18.0 Å². The van der Waals surface area contributed by atoms with Crippen molar-refractivity contribution in [1.29, 1.82) is 0 Å². The van der Waals surface area contributed by atoms with E-state index < -0.39 is 29.6 Å². The summed E-state index contributed by atoms with van der Waals surface area (Å²) in [4.78, 5) is 43.8. The van der Waals surface area contributed by atoms with Gasteiger partial charge in [-0.3, -0.25) is 9.78 Å². The summed E-state index contributed by atoms with van der Waals surface area (Å²) in [6.45, 7) is 3.34. The zero-order chi connectivity index (χ0) is 26.1. The second-order valence-electron chi connectivity index (χ2n) is 8.35. The zero-order valence-corrected chi connectivity index (χ0v) is 19.2. The molecular weight excluding hydrogens is 479 g/mol.